The smallest absolute Gasteiger partial charge is 0.350 e. The highest BCUT2D eigenvalue weighted by Crippen LogP contribution is 2.28. The van der Waals surface area contributed by atoms with Crippen LogP contribution >= 0.6 is 0 Å². The molecule has 0 aliphatic rings. The van der Waals surface area contributed by atoms with E-state index in [0.29, 0.717) is 5.39 Å². The first-order valence-electron chi connectivity index (χ1n) is 6.82. The summed E-state index contributed by atoms with van der Waals surface area (Å²) in [5.41, 5.74) is 0.0612. The molecule has 0 saturated heterocycles. The van der Waals surface area contributed by atoms with Crippen molar-refractivity contribution in [2.75, 3.05) is 0 Å². The molecule has 0 aliphatic carbocycles. The first-order valence-corrected chi connectivity index (χ1v) is 6.82. The fraction of sp³-hybridized carbons (Fsp3) is 0. The first-order chi connectivity index (χ1) is 11.1. The maximum absolute atomic E-state index is 12.3. The average molecular weight is 308 g/mol. The van der Waals surface area contributed by atoms with Crippen LogP contribution in [0.2, 0.25) is 0 Å². The van der Waals surface area contributed by atoms with Crippen LogP contribution in [0, 0.1) is 0 Å². The minimum Gasteiger partial charge on any atom is -0.508 e. The Hall–Kier alpha value is -3.34. The van der Waals surface area contributed by atoms with Crippen LogP contribution in [0.1, 0.15) is 20.7 Å². The molecule has 0 aliphatic heterocycles. The molecule has 5 heteroatoms. The van der Waals surface area contributed by atoms with Gasteiger partial charge in [-0.2, -0.15) is 0 Å². The molecular formula is C18H12O5. The summed E-state index contributed by atoms with van der Waals surface area (Å²) in [4.78, 5) is 24.3. The van der Waals surface area contributed by atoms with Gasteiger partial charge in [0.25, 0.3) is 0 Å². The molecule has 0 radical (unpaired) electrons. The Bertz CT molecular complexity index is 897. The lowest BCUT2D eigenvalue weighted by molar-refractivity contribution is 0.0397. The second-order valence-electron chi connectivity index (χ2n) is 4.90. The van der Waals surface area contributed by atoms with Gasteiger partial charge in [-0.25, -0.2) is 9.59 Å². The fourth-order valence-corrected chi connectivity index (χ4v) is 2.27. The molecule has 2 N–H and O–H groups in total. The third kappa shape index (κ3) is 2.85. The number of hydrogen-bond acceptors (Lipinski definition) is 5. The molecule has 0 heterocycles. The zero-order chi connectivity index (χ0) is 16.4. The largest absolute Gasteiger partial charge is 0.508 e. The third-order valence-corrected chi connectivity index (χ3v) is 3.40. The van der Waals surface area contributed by atoms with Crippen LogP contribution in [-0.4, -0.2) is 22.2 Å². The molecule has 0 bridgehead atoms. The van der Waals surface area contributed by atoms with Gasteiger partial charge in [-0.1, -0.05) is 30.3 Å². The minimum atomic E-state index is -0.933. The van der Waals surface area contributed by atoms with Gasteiger partial charge in [0.2, 0.25) is 0 Å². The van der Waals surface area contributed by atoms with E-state index in [2.05, 4.69) is 0 Å². The second-order valence-corrected chi connectivity index (χ2v) is 4.90. The van der Waals surface area contributed by atoms with Crippen LogP contribution in [0.5, 0.6) is 11.5 Å². The van der Waals surface area contributed by atoms with E-state index >= 15 is 0 Å². The number of aromatic hydroxyl groups is 2. The topological polar surface area (TPSA) is 83.8 Å². The summed E-state index contributed by atoms with van der Waals surface area (Å²) in [5, 5.41) is 20.4. The quantitative estimate of drug-likeness (QED) is 0.561. The van der Waals surface area contributed by atoms with Crippen LogP contribution in [0.15, 0.2) is 60.7 Å². The predicted octanol–water partition coefficient (Wildman–Crippen LogP) is 3.25. The van der Waals surface area contributed by atoms with Crippen molar-refractivity contribution < 1.29 is 24.5 Å². The Kier molecular flexibility index (Phi) is 3.68. The summed E-state index contributed by atoms with van der Waals surface area (Å²) in [5.74, 6) is -2.05. The predicted molar refractivity (Wildman–Crippen MR) is 83.5 cm³/mol. The summed E-state index contributed by atoms with van der Waals surface area (Å²) >= 11 is 0. The summed E-state index contributed by atoms with van der Waals surface area (Å²) in [6.07, 6.45) is 0. The molecule has 3 rings (SSSR count). The Morgan fingerprint density at radius 3 is 2.22 bits per heavy atom. The number of carbonyl (C=O) groups excluding carboxylic acids is 2. The molecule has 3 aromatic carbocycles. The maximum atomic E-state index is 12.3. The first kappa shape index (κ1) is 14.6. The molecule has 3 aromatic rings. The number of benzene rings is 3. The highest BCUT2D eigenvalue weighted by Gasteiger charge is 2.20. The number of rotatable bonds is 2. The number of phenols is 2. The monoisotopic (exact) mass is 308 g/mol. The zero-order valence-corrected chi connectivity index (χ0v) is 11.9. The Labute approximate surface area is 131 Å². The molecule has 0 atom stereocenters. The molecule has 0 spiro atoms. The minimum absolute atomic E-state index is 0.000394. The maximum Gasteiger partial charge on any atom is 0.350 e. The molecule has 114 valence electrons. The molecule has 23 heavy (non-hydrogen) atoms. The summed E-state index contributed by atoms with van der Waals surface area (Å²) in [7, 11) is 0. The number of carbonyl (C=O) groups is 2. The molecule has 0 aromatic heterocycles. The van der Waals surface area contributed by atoms with Crippen molar-refractivity contribution in [3.63, 3.8) is 0 Å². The van der Waals surface area contributed by atoms with Crippen molar-refractivity contribution in [3.8, 4) is 11.5 Å². The van der Waals surface area contributed by atoms with Gasteiger partial charge in [-0.3, -0.25) is 0 Å². The second kappa shape index (κ2) is 5.81. The van der Waals surface area contributed by atoms with E-state index in [-0.39, 0.29) is 22.6 Å². The highest BCUT2D eigenvalue weighted by atomic mass is 16.6. The van der Waals surface area contributed by atoms with Crippen LogP contribution < -0.4 is 0 Å². The van der Waals surface area contributed by atoms with E-state index in [1.54, 1.807) is 30.3 Å². The number of fused-ring (bicyclic) bond motifs is 1. The van der Waals surface area contributed by atoms with Crippen LogP contribution in [0.3, 0.4) is 0 Å². The number of hydrogen-bond donors (Lipinski definition) is 2. The fourth-order valence-electron chi connectivity index (χ4n) is 2.27. The van der Waals surface area contributed by atoms with Gasteiger partial charge in [0.05, 0.1) is 5.56 Å². The lowest BCUT2D eigenvalue weighted by atomic mass is 10.0. The zero-order valence-electron chi connectivity index (χ0n) is 11.9. The van der Waals surface area contributed by atoms with Gasteiger partial charge < -0.3 is 14.9 Å². The van der Waals surface area contributed by atoms with Crippen LogP contribution in [0.25, 0.3) is 10.8 Å². The normalized spacial score (nSPS) is 10.4. The lowest BCUT2D eigenvalue weighted by Crippen LogP contribution is -2.13. The number of ether oxygens (including phenoxy) is 1. The van der Waals surface area contributed by atoms with E-state index in [0.717, 1.165) is 5.39 Å². The molecule has 0 unspecified atom stereocenters. The van der Waals surface area contributed by atoms with Crippen molar-refractivity contribution in [2.24, 2.45) is 0 Å². The van der Waals surface area contributed by atoms with E-state index < -0.39 is 11.9 Å². The van der Waals surface area contributed by atoms with Crippen molar-refractivity contribution in [3.05, 3.63) is 71.8 Å². The van der Waals surface area contributed by atoms with Gasteiger partial charge in [0, 0.05) is 0 Å². The molecular weight excluding hydrogens is 296 g/mol. The summed E-state index contributed by atoms with van der Waals surface area (Å²) in [6, 6.07) is 15.3. The Morgan fingerprint density at radius 1 is 0.783 bits per heavy atom. The average Bonchev–Trinajstić information content (AvgIpc) is 2.55. The molecule has 0 amide bonds. The van der Waals surface area contributed by atoms with Gasteiger partial charge in [0.1, 0.15) is 17.1 Å². The Balaban J connectivity index is 1.93. The Morgan fingerprint density at radius 2 is 1.48 bits per heavy atom. The highest BCUT2D eigenvalue weighted by molar-refractivity contribution is 6.11. The summed E-state index contributed by atoms with van der Waals surface area (Å²) in [6.45, 7) is 0. The molecule has 5 nitrogen and oxygen atoms in total. The van der Waals surface area contributed by atoms with Crippen molar-refractivity contribution >= 4 is 22.7 Å². The number of esters is 2. The van der Waals surface area contributed by atoms with E-state index in [9.17, 15) is 19.8 Å². The van der Waals surface area contributed by atoms with E-state index in [4.69, 9.17) is 4.74 Å². The molecule has 0 saturated carbocycles. The van der Waals surface area contributed by atoms with Crippen molar-refractivity contribution in [2.45, 2.75) is 0 Å². The van der Waals surface area contributed by atoms with Crippen molar-refractivity contribution in [1.29, 1.82) is 0 Å². The van der Waals surface area contributed by atoms with Gasteiger partial charge in [-0.05, 0) is 41.1 Å². The van der Waals surface area contributed by atoms with E-state index in [1.165, 1.54) is 30.3 Å². The van der Waals surface area contributed by atoms with Crippen molar-refractivity contribution in [1.82, 2.24) is 0 Å². The third-order valence-electron chi connectivity index (χ3n) is 3.40. The van der Waals surface area contributed by atoms with E-state index in [1.807, 2.05) is 0 Å². The van der Waals surface area contributed by atoms with Gasteiger partial charge in [-0.15, -0.1) is 0 Å². The van der Waals surface area contributed by atoms with Gasteiger partial charge in [0.15, 0.2) is 0 Å². The lowest BCUT2D eigenvalue weighted by Gasteiger charge is -2.08. The molecule has 0 fully saturated rings. The SMILES string of the molecule is O=C(OC(=O)c1c(O)ccc2ccccc12)c1ccc(O)cc1. The van der Waals surface area contributed by atoms with Gasteiger partial charge >= 0.3 is 11.9 Å². The number of phenolic OH excluding ortho intramolecular Hbond substituents is 2. The van der Waals surface area contributed by atoms with Crippen LogP contribution in [0.4, 0.5) is 0 Å². The van der Waals surface area contributed by atoms with Crippen LogP contribution in [-0.2, 0) is 4.74 Å². The standard InChI is InChI=1S/C18H12O5/c19-13-8-5-12(6-9-13)17(21)23-18(22)16-14-4-2-1-3-11(14)7-10-15(16)20/h1-10,19-20H. The summed E-state index contributed by atoms with van der Waals surface area (Å²) < 4.78 is 4.83.